The Kier molecular flexibility index (Phi) is 8.09. The van der Waals surface area contributed by atoms with E-state index in [4.69, 9.17) is 14.2 Å². The zero-order chi connectivity index (χ0) is 22.9. The molecule has 166 valence electrons. The van der Waals surface area contributed by atoms with Crippen molar-refractivity contribution in [2.45, 2.75) is 39.4 Å². The first kappa shape index (κ1) is 23.1. The summed E-state index contributed by atoms with van der Waals surface area (Å²) in [4.78, 5) is 13.1. The highest BCUT2D eigenvalue weighted by Crippen LogP contribution is 2.29. The normalized spacial score (nSPS) is 12.6. The van der Waals surface area contributed by atoms with Crippen LogP contribution in [0.4, 0.5) is 0 Å². The van der Waals surface area contributed by atoms with Crippen molar-refractivity contribution in [2.24, 2.45) is 5.92 Å². The van der Waals surface area contributed by atoms with Gasteiger partial charge in [0.15, 0.2) is 6.10 Å². The third kappa shape index (κ3) is 6.48. The van der Waals surface area contributed by atoms with Gasteiger partial charge in [0.05, 0.1) is 0 Å². The molecule has 3 aromatic rings. The van der Waals surface area contributed by atoms with Crippen molar-refractivity contribution in [3.05, 3.63) is 103 Å². The summed E-state index contributed by atoms with van der Waals surface area (Å²) in [6, 6.07) is 24.8. The first-order valence-electron chi connectivity index (χ1n) is 10.8. The van der Waals surface area contributed by atoms with Crippen LogP contribution in [-0.2, 0) is 9.53 Å². The number of esters is 1. The molecule has 0 radical (unpaired) electrons. The van der Waals surface area contributed by atoms with Crippen LogP contribution in [0.15, 0.2) is 91.5 Å². The quantitative estimate of drug-likeness (QED) is 0.255. The second-order valence-electron chi connectivity index (χ2n) is 8.03. The molecule has 0 aliphatic carbocycles. The Labute approximate surface area is 190 Å². The van der Waals surface area contributed by atoms with Gasteiger partial charge in [-0.2, -0.15) is 0 Å². The van der Waals surface area contributed by atoms with Gasteiger partial charge in [-0.15, -0.1) is 6.58 Å². The molecule has 0 aliphatic rings. The third-order valence-electron chi connectivity index (χ3n) is 4.97. The highest BCUT2D eigenvalue weighted by atomic mass is 16.6. The van der Waals surface area contributed by atoms with Gasteiger partial charge in [0.1, 0.15) is 23.4 Å². The van der Waals surface area contributed by atoms with E-state index in [9.17, 15) is 4.79 Å². The highest BCUT2D eigenvalue weighted by Gasteiger charge is 2.29. The lowest BCUT2D eigenvalue weighted by Gasteiger charge is -2.25. The van der Waals surface area contributed by atoms with Gasteiger partial charge >= 0.3 is 5.97 Å². The van der Waals surface area contributed by atoms with Crippen molar-refractivity contribution < 1.29 is 19.0 Å². The lowest BCUT2D eigenvalue weighted by molar-refractivity contribution is -0.160. The topological polar surface area (TPSA) is 44.8 Å². The molecule has 4 nitrogen and oxygen atoms in total. The minimum absolute atomic E-state index is 0.0547. The fourth-order valence-electron chi connectivity index (χ4n) is 3.23. The maximum atomic E-state index is 13.1. The number of benzene rings is 3. The van der Waals surface area contributed by atoms with Gasteiger partial charge in [-0.05, 0) is 48.9 Å². The molecule has 4 heteroatoms. The van der Waals surface area contributed by atoms with Gasteiger partial charge < -0.3 is 14.2 Å². The van der Waals surface area contributed by atoms with Gasteiger partial charge in [0, 0.05) is 12.3 Å². The van der Waals surface area contributed by atoms with Crippen molar-refractivity contribution in [1.82, 2.24) is 0 Å². The molecule has 0 spiro atoms. The van der Waals surface area contributed by atoms with Crippen molar-refractivity contribution >= 4 is 5.97 Å². The summed E-state index contributed by atoms with van der Waals surface area (Å²) in [5.74, 6) is 1.61. The number of para-hydroxylation sites is 1. The maximum Gasteiger partial charge on any atom is 0.348 e. The van der Waals surface area contributed by atoms with Gasteiger partial charge in [-0.3, -0.25) is 0 Å². The number of ether oxygens (including phenoxy) is 3. The van der Waals surface area contributed by atoms with E-state index in [2.05, 4.69) is 6.58 Å². The molecule has 0 saturated heterocycles. The molecule has 0 amide bonds. The van der Waals surface area contributed by atoms with Crippen LogP contribution >= 0.6 is 0 Å². The second kappa shape index (κ2) is 11.2. The number of carbonyl (C=O) groups excluding carboxylic acids is 1. The van der Waals surface area contributed by atoms with E-state index >= 15 is 0 Å². The Morgan fingerprint density at radius 2 is 1.59 bits per heavy atom. The van der Waals surface area contributed by atoms with Crippen LogP contribution in [0, 0.1) is 12.8 Å². The average Bonchev–Trinajstić information content (AvgIpc) is 2.79. The lowest BCUT2D eigenvalue weighted by atomic mass is 10.0. The molecule has 0 N–H and O–H groups in total. The van der Waals surface area contributed by atoms with E-state index < -0.39 is 18.2 Å². The van der Waals surface area contributed by atoms with Crippen molar-refractivity contribution in [1.29, 1.82) is 0 Å². The van der Waals surface area contributed by atoms with Crippen LogP contribution in [0.2, 0.25) is 0 Å². The summed E-state index contributed by atoms with van der Waals surface area (Å²) in [6.45, 7) is 9.72. The zero-order valence-corrected chi connectivity index (χ0v) is 18.9. The average molecular weight is 431 g/mol. The first-order chi connectivity index (χ1) is 15.5. The van der Waals surface area contributed by atoms with Crippen LogP contribution in [0.25, 0.3) is 0 Å². The molecule has 0 saturated carbocycles. The number of carbonyl (C=O) groups is 1. The van der Waals surface area contributed by atoms with E-state index in [0.717, 1.165) is 16.9 Å². The van der Waals surface area contributed by atoms with Crippen molar-refractivity contribution in [3.8, 4) is 17.2 Å². The van der Waals surface area contributed by atoms with Gasteiger partial charge in [0.2, 0.25) is 0 Å². The molecular formula is C28H30O4. The molecule has 0 aliphatic heterocycles. The SMILES string of the molecule is C=CCC(OC(=O)C(Oc1ccc(C)cc1)C(C)C)c1cccc(Oc2ccccc2)c1. The van der Waals surface area contributed by atoms with E-state index in [1.54, 1.807) is 6.08 Å². The van der Waals surface area contributed by atoms with Crippen LogP contribution in [0.3, 0.4) is 0 Å². The van der Waals surface area contributed by atoms with Gasteiger partial charge in [-0.25, -0.2) is 4.79 Å². The maximum absolute atomic E-state index is 13.1. The number of aryl methyl sites for hydroxylation is 1. The summed E-state index contributed by atoms with van der Waals surface area (Å²) in [6.07, 6.45) is 1.03. The molecule has 0 heterocycles. The van der Waals surface area contributed by atoms with Crippen molar-refractivity contribution in [3.63, 3.8) is 0 Å². The molecule has 32 heavy (non-hydrogen) atoms. The summed E-state index contributed by atoms with van der Waals surface area (Å²) in [5, 5.41) is 0. The summed E-state index contributed by atoms with van der Waals surface area (Å²) < 4.78 is 17.8. The molecule has 3 aromatic carbocycles. The summed E-state index contributed by atoms with van der Waals surface area (Å²) >= 11 is 0. The lowest BCUT2D eigenvalue weighted by Crippen LogP contribution is -2.35. The predicted molar refractivity (Wildman–Crippen MR) is 127 cm³/mol. The molecule has 0 bridgehead atoms. The number of hydrogen-bond donors (Lipinski definition) is 0. The van der Waals surface area contributed by atoms with E-state index in [0.29, 0.717) is 17.9 Å². The monoisotopic (exact) mass is 430 g/mol. The fourth-order valence-corrected chi connectivity index (χ4v) is 3.23. The summed E-state index contributed by atoms with van der Waals surface area (Å²) in [5.41, 5.74) is 1.97. The van der Waals surface area contributed by atoms with E-state index in [1.165, 1.54) is 0 Å². The largest absolute Gasteiger partial charge is 0.478 e. The number of hydrogen-bond acceptors (Lipinski definition) is 4. The smallest absolute Gasteiger partial charge is 0.348 e. The Bertz CT molecular complexity index is 1010. The Hall–Kier alpha value is -3.53. The first-order valence-corrected chi connectivity index (χ1v) is 10.8. The molecular weight excluding hydrogens is 400 g/mol. The predicted octanol–water partition coefficient (Wildman–Crippen LogP) is 7.05. The summed E-state index contributed by atoms with van der Waals surface area (Å²) in [7, 11) is 0. The van der Waals surface area contributed by atoms with Crippen molar-refractivity contribution in [2.75, 3.05) is 0 Å². The van der Waals surface area contributed by atoms with Gasteiger partial charge in [0.25, 0.3) is 0 Å². The minimum atomic E-state index is -0.714. The fraction of sp³-hybridized carbons (Fsp3) is 0.250. The van der Waals surface area contributed by atoms with Crippen LogP contribution in [-0.4, -0.2) is 12.1 Å². The van der Waals surface area contributed by atoms with Crippen LogP contribution in [0.5, 0.6) is 17.2 Å². The molecule has 2 unspecified atom stereocenters. The second-order valence-corrected chi connectivity index (χ2v) is 8.03. The van der Waals surface area contributed by atoms with E-state index in [-0.39, 0.29) is 5.92 Å². The van der Waals surface area contributed by atoms with Crippen LogP contribution in [0.1, 0.15) is 37.5 Å². The Morgan fingerprint density at radius 3 is 2.25 bits per heavy atom. The number of rotatable bonds is 10. The molecule has 2 atom stereocenters. The minimum Gasteiger partial charge on any atom is -0.478 e. The van der Waals surface area contributed by atoms with Gasteiger partial charge in [-0.1, -0.05) is 68.0 Å². The highest BCUT2D eigenvalue weighted by molar-refractivity contribution is 5.75. The van der Waals surface area contributed by atoms with E-state index in [1.807, 2.05) is 99.6 Å². The third-order valence-corrected chi connectivity index (χ3v) is 4.97. The Balaban J connectivity index is 1.75. The molecule has 0 aromatic heterocycles. The molecule has 0 fully saturated rings. The Morgan fingerprint density at radius 1 is 0.906 bits per heavy atom. The molecule has 3 rings (SSSR count). The standard InChI is InChI=1S/C28H30O4/c1-5-10-26(22-11-9-14-25(19-22)30-23-12-7-6-8-13-23)32-28(29)27(20(2)3)31-24-17-15-21(4)16-18-24/h5-9,11-20,26-27H,1,10H2,2-4H3. The van der Waals surface area contributed by atoms with Crippen LogP contribution < -0.4 is 9.47 Å². The zero-order valence-electron chi connectivity index (χ0n) is 18.9.